The lowest BCUT2D eigenvalue weighted by Gasteiger charge is -2.04. The van der Waals surface area contributed by atoms with Crippen molar-refractivity contribution in [3.8, 4) is 0 Å². The van der Waals surface area contributed by atoms with Gasteiger partial charge >= 0.3 is 0 Å². The van der Waals surface area contributed by atoms with Crippen LogP contribution in [-0.4, -0.2) is 37.3 Å². The van der Waals surface area contributed by atoms with Gasteiger partial charge in [-0.05, 0) is 6.92 Å². The van der Waals surface area contributed by atoms with Gasteiger partial charge in [0.15, 0.2) is 0 Å². The summed E-state index contributed by atoms with van der Waals surface area (Å²) in [5.74, 6) is -0.124. The molecule has 12 heavy (non-hydrogen) atoms. The fourth-order valence-electron chi connectivity index (χ4n) is 0.619. The minimum Gasteiger partial charge on any atom is -0.395 e. The van der Waals surface area contributed by atoms with Gasteiger partial charge in [0.2, 0.25) is 5.91 Å². The number of hydrogen-bond donors (Lipinski definition) is 3. The summed E-state index contributed by atoms with van der Waals surface area (Å²) in [6.45, 7) is 7.07. The van der Waals surface area contributed by atoms with Gasteiger partial charge in [0, 0.05) is 25.2 Å². The topological polar surface area (TPSA) is 61.4 Å². The van der Waals surface area contributed by atoms with Gasteiger partial charge in [-0.25, -0.2) is 0 Å². The Bertz CT molecular complexity index is 157. The summed E-state index contributed by atoms with van der Waals surface area (Å²) < 4.78 is 0. The van der Waals surface area contributed by atoms with E-state index < -0.39 is 0 Å². The summed E-state index contributed by atoms with van der Waals surface area (Å²) in [7, 11) is 0. The minimum atomic E-state index is -0.124. The van der Waals surface area contributed by atoms with Crippen molar-refractivity contribution in [1.29, 1.82) is 0 Å². The molecular formula is C8H16N2O2. The summed E-state index contributed by atoms with van der Waals surface area (Å²) in [6, 6.07) is 0. The van der Waals surface area contributed by atoms with Crippen LogP contribution in [-0.2, 0) is 4.79 Å². The maximum absolute atomic E-state index is 10.9. The minimum absolute atomic E-state index is 0.119. The molecule has 0 atom stereocenters. The zero-order valence-electron chi connectivity index (χ0n) is 7.39. The van der Waals surface area contributed by atoms with Crippen molar-refractivity contribution in [2.45, 2.75) is 6.92 Å². The third-order valence-corrected chi connectivity index (χ3v) is 1.26. The molecule has 0 radical (unpaired) electrons. The van der Waals surface area contributed by atoms with Gasteiger partial charge in [0.25, 0.3) is 0 Å². The van der Waals surface area contributed by atoms with Crippen LogP contribution < -0.4 is 10.6 Å². The molecule has 0 saturated carbocycles. The van der Waals surface area contributed by atoms with Gasteiger partial charge in [-0.15, -0.1) is 0 Å². The number of aliphatic hydroxyl groups excluding tert-OH is 1. The van der Waals surface area contributed by atoms with E-state index in [1.165, 1.54) is 0 Å². The molecule has 4 nitrogen and oxygen atoms in total. The number of aliphatic hydroxyl groups is 1. The molecule has 0 aromatic heterocycles. The Morgan fingerprint density at radius 3 is 2.58 bits per heavy atom. The molecule has 4 heteroatoms. The highest BCUT2D eigenvalue weighted by Crippen LogP contribution is 1.83. The molecule has 0 aliphatic carbocycles. The Morgan fingerprint density at radius 1 is 1.42 bits per heavy atom. The zero-order chi connectivity index (χ0) is 9.40. The van der Waals surface area contributed by atoms with Gasteiger partial charge in [-0.3, -0.25) is 4.79 Å². The van der Waals surface area contributed by atoms with Crippen molar-refractivity contribution in [3.05, 3.63) is 12.2 Å². The van der Waals surface area contributed by atoms with E-state index >= 15 is 0 Å². The first-order valence-corrected chi connectivity index (χ1v) is 3.93. The van der Waals surface area contributed by atoms with Crippen LogP contribution in [0.15, 0.2) is 12.2 Å². The second-order valence-electron chi connectivity index (χ2n) is 2.51. The Morgan fingerprint density at radius 2 is 2.08 bits per heavy atom. The van der Waals surface area contributed by atoms with E-state index in [0.717, 1.165) is 0 Å². The molecule has 0 heterocycles. The Hall–Kier alpha value is -0.870. The zero-order valence-corrected chi connectivity index (χ0v) is 7.39. The van der Waals surface area contributed by atoms with E-state index in [0.29, 0.717) is 25.2 Å². The number of rotatable bonds is 6. The van der Waals surface area contributed by atoms with E-state index in [1.807, 2.05) is 0 Å². The standard InChI is InChI=1S/C8H16N2O2/c1-7(2)8(12)10-4-3-9-5-6-11/h9,11H,1,3-6H2,2H3,(H,10,12). The summed E-state index contributed by atoms with van der Waals surface area (Å²) in [4.78, 5) is 10.9. The third kappa shape index (κ3) is 5.88. The van der Waals surface area contributed by atoms with Crippen LogP contribution >= 0.6 is 0 Å². The number of nitrogens with one attached hydrogen (secondary N) is 2. The smallest absolute Gasteiger partial charge is 0.246 e. The Balaban J connectivity index is 3.20. The van der Waals surface area contributed by atoms with Crippen LogP contribution in [0.2, 0.25) is 0 Å². The first kappa shape index (κ1) is 11.1. The van der Waals surface area contributed by atoms with E-state index in [9.17, 15) is 4.79 Å². The van der Waals surface area contributed by atoms with Crippen molar-refractivity contribution in [2.75, 3.05) is 26.2 Å². The average molecular weight is 172 g/mol. The van der Waals surface area contributed by atoms with Crippen molar-refractivity contribution >= 4 is 5.91 Å². The molecule has 0 saturated heterocycles. The van der Waals surface area contributed by atoms with E-state index in [4.69, 9.17) is 5.11 Å². The van der Waals surface area contributed by atoms with E-state index in [2.05, 4.69) is 17.2 Å². The van der Waals surface area contributed by atoms with Crippen molar-refractivity contribution in [1.82, 2.24) is 10.6 Å². The van der Waals surface area contributed by atoms with Crippen LogP contribution in [0.5, 0.6) is 0 Å². The third-order valence-electron chi connectivity index (χ3n) is 1.26. The largest absolute Gasteiger partial charge is 0.395 e. The first-order chi connectivity index (χ1) is 5.68. The molecule has 3 N–H and O–H groups in total. The van der Waals surface area contributed by atoms with Crippen LogP contribution in [0.4, 0.5) is 0 Å². The van der Waals surface area contributed by atoms with Gasteiger partial charge in [0.1, 0.15) is 0 Å². The molecule has 0 rings (SSSR count). The highest BCUT2D eigenvalue weighted by molar-refractivity contribution is 5.92. The van der Waals surface area contributed by atoms with E-state index in [1.54, 1.807) is 6.92 Å². The average Bonchev–Trinajstić information content (AvgIpc) is 2.03. The number of amides is 1. The maximum atomic E-state index is 10.9. The predicted octanol–water partition coefficient (Wildman–Crippen LogP) is -0.739. The van der Waals surface area contributed by atoms with Crippen LogP contribution in [0.25, 0.3) is 0 Å². The normalized spacial score (nSPS) is 9.50. The van der Waals surface area contributed by atoms with Crippen molar-refractivity contribution in [2.24, 2.45) is 0 Å². The molecule has 0 aromatic carbocycles. The highest BCUT2D eigenvalue weighted by atomic mass is 16.3. The second kappa shape index (κ2) is 6.82. The van der Waals surface area contributed by atoms with Crippen LogP contribution in [0.1, 0.15) is 6.92 Å². The molecule has 0 aliphatic heterocycles. The Labute approximate surface area is 72.7 Å². The molecule has 0 aromatic rings. The van der Waals surface area contributed by atoms with Crippen molar-refractivity contribution in [3.63, 3.8) is 0 Å². The molecule has 0 unspecified atom stereocenters. The summed E-state index contributed by atoms with van der Waals surface area (Å²) in [5, 5.41) is 14.0. The first-order valence-electron chi connectivity index (χ1n) is 3.93. The van der Waals surface area contributed by atoms with Crippen LogP contribution in [0.3, 0.4) is 0 Å². The molecule has 70 valence electrons. The molecule has 0 bridgehead atoms. The van der Waals surface area contributed by atoms with Crippen molar-refractivity contribution < 1.29 is 9.90 Å². The Kier molecular flexibility index (Phi) is 6.32. The molecule has 0 aliphatic rings. The summed E-state index contributed by atoms with van der Waals surface area (Å²) in [6.07, 6.45) is 0. The SMILES string of the molecule is C=C(C)C(=O)NCCNCCO. The highest BCUT2D eigenvalue weighted by Gasteiger charge is 1.98. The van der Waals surface area contributed by atoms with Gasteiger partial charge in [-0.1, -0.05) is 6.58 Å². The molecule has 0 fully saturated rings. The maximum Gasteiger partial charge on any atom is 0.246 e. The van der Waals surface area contributed by atoms with Gasteiger partial charge in [-0.2, -0.15) is 0 Å². The van der Waals surface area contributed by atoms with Crippen LogP contribution in [0, 0.1) is 0 Å². The second-order valence-corrected chi connectivity index (χ2v) is 2.51. The fraction of sp³-hybridized carbons (Fsp3) is 0.625. The van der Waals surface area contributed by atoms with Gasteiger partial charge in [0.05, 0.1) is 6.61 Å². The molecular weight excluding hydrogens is 156 g/mol. The lowest BCUT2D eigenvalue weighted by atomic mass is 10.3. The quantitative estimate of drug-likeness (QED) is 0.365. The fourth-order valence-corrected chi connectivity index (χ4v) is 0.619. The monoisotopic (exact) mass is 172 g/mol. The lowest BCUT2D eigenvalue weighted by Crippen LogP contribution is -2.33. The predicted molar refractivity (Wildman–Crippen MR) is 47.8 cm³/mol. The van der Waals surface area contributed by atoms with E-state index in [-0.39, 0.29) is 12.5 Å². The number of carbonyl (C=O) groups excluding carboxylic acids is 1. The summed E-state index contributed by atoms with van der Waals surface area (Å²) in [5.41, 5.74) is 0.511. The number of carbonyl (C=O) groups is 1. The molecule has 0 spiro atoms. The lowest BCUT2D eigenvalue weighted by molar-refractivity contribution is -0.117. The van der Waals surface area contributed by atoms with Gasteiger partial charge < -0.3 is 15.7 Å². The summed E-state index contributed by atoms with van der Waals surface area (Å²) >= 11 is 0. The number of hydrogen-bond acceptors (Lipinski definition) is 3. The molecule has 1 amide bonds.